The van der Waals surface area contributed by atoms with Gasteiger partial charge in [-0.3, -0.25) is 19.2 Å². The van der Waals surface area contributed by atoms with Gasteiger partial charge < -0.3 is 15.1 Å². The molecule has 2 aromatic heterocycles. The highest BCUT2D eigenvalue weighted by Gasteiger charge is 2.25. The molecule has 3 heterocycles. The Hall–Kier alpha value is -4.35. The topological polar surface area (TPSA) is 167 Å². The first kappa shape index (κ1) is 27.2. The number of furan rings is 1. The number of rotatable bonds is 4. The minimum Gasteiger partial charge on any atom is -0.454 e. The lowest BCUT2D eigenvalue weighted by Gasteiger charge is -2.19. The van der Waals surface area contributed by atoms with Crippen molar-refractivity contribution >= 4 is 36.1 Å². The van der Waals surface area contributed by atoms with E-state index in [0.717, 1.165) is 0 Å². The maximum atomic E-state index is 12.9. The first-order valence-corrected chi connectivity index (χ1v) is 12.0. The van der Waals surface area contributed by atoms with Crippen LogP contribution in [-0.2, 0) is 9.59 Å². The molecule has 37 heavy (non-hydrogen) atoms. The standard InChI is InChI=1S/C25H31N7O5/c1-14(2)10-20-24(35)31-26-12-16-8-9-17(37-16)13-27-32-25(36)21(11-15(3)4)30-23(34)19-7-5-6-18(28-19)22(33)29-20/h5-9,12-15,20-21H,10-11H2,1-4H3,(H,29,33)(H,30,34)(H,31,35)(H,32,36)/b26-12+,27-13+/t20-,21-/m0/s1. The van der Waals surface area contributed by atoms with Gasteiger partial charge in [-0.15, -0.1) is 0 Å². The molecule has 4 bridgehead atoms. The molecule has 0 saturated carbocycles. The lowest BCUT2D eigenvalue weighted by Crippen LogP contribution is -2.47. The third-order valence-corrected chi connectivity index (χ3v) is 5.25. The summed E-state index contributed by atoms with van der Waals surface area (Å²) in [5, 5.41) is 13.1. The van der Waals surface area contributed by atoms with E-state index < -0.39 is 35.7 Å². The predicted octanol–water partition coefficient (Wildman–Crippen LogP) is 1.58. The molecule has 1 aliphatic heterocycles. The fraction of sp³-hybridized carbons (Fsp3) is 0.400. The van der Waals surface area contributed by atoms with Crippen molar-refractivity contribution in [3.63, 3.8) is 0 Å². The third kappa shape index (κ3) is 8.09. The minimum atomic E-state index is -0.895. The summed E-state index contributed by atoms with van der Waals surface area (Å²) in [7, 11) is 0. The van der Waals surface area contributed by atoms with Gasteiger partial charge in [0.2, 0.25) is 0 Å². The van der Waals surface area contributed by atoms with Gasteiger partial charge in [0.1, 0.15) is 35.0 Å². The molecule has 12 nitrogen and oxygen atoms in total. The molecule has 196 valence electrons. The number of fused-ring (bicyclic) bond motifs is 4. The molecule has 1 aliphatic rings. The monoisotopic (exact) mass is 509 g/mol. The Morgan fingerprint density at radius 1 is 0.730 bits per heavy atom. The Labute approximate surface area is 214 Å². The van der Waals surface area contributed by atoms with Crippen LogP contribution in [0.25, 0.3) is 0 Å². The molecule has 0 fully saturated rings. The number of carbonyl (C=O) groups is 4. The molecule has 0 spiro atoms. The quantitative estimate of drug-likeness (QED) is 0.488. The van der Waals surface area contributed by atoms with Crippen LogP contribution >= 0.6 is 0 Å². The minimum absolute atomic E-state index is 0.0512. The van der Waals surface area contributed by atoms with Crippen molar-refractivity contribution in [2.75, 3.05) is 0 Å². The number of nitrogens with zero attached hydrogens (tertiary/aromatic N) is 3. The van der Waals surface area contributed by atoms with Crippen molar-refractivity contribution in [3.8, 4) is 0 Å². The molecule has 0 aliphatic carbocycles. The largest absolute Gasteiger partial charge is 0.454 e. The molecule has 0 aromatic carbocycles. The van der Waals surface area contributed by atoms with Crippen LogP contribution in [0.1, 0.15) is 73.0 Å². The van der Waals surface area contributed by atoms with Gasteiger partial charge in [-0.25, -0.2) is 15.8 Å². The van der Waals surface area contributed by atoms with E-state index in [4.69, 9.17) is 4.42 Å². The number of nitrogens with one attached hydrogen (secondary N) is 4. The van der Waals surface area contributed by atoms with Crippen molar-refractivity contribution in [3.05, 3.63) is 53.2 Å². The zero-order valence-electron chi connectivity index (χ0n) is 21.1. The number of pyridine rings is 1. The molecule has 3 rings (SSSR count). The van der Waals surface area contributed by atoms with Crippen LogP contribution in [0.15, 0.2) is 45.0 Å². The first-order valence-electron chi connectivity index (χ1n) is 12.0. The molecule has 4 N–H and O–H groups in total. The van der Waals surface area contributed by atoms with Crippen LogP contribution in [0.3, 0.4) is 0 Å². The summed E-state index contributed by atoms with van der Waals surface area (Å²) < 4.78 is 5.53. The smallest absolute Gasteiger partial charge is 0.270 e. The summed E-state index contributed by atoms with van der Waals surface area (Å²) in [4.78, 5) is 55.5. The predicted molar refractivity (Wildman–Crippen MR) is 136 cm³/mol. The molecule has 12 heteroatoms. The maximum Gasteiger partial charge on any atom is 0.270 e. The van der Waals surface area contributed by atoms with Gasteiger partial charge in [-0.05, 0) is 48.9 Å². The number of hydrogen-bond donors (Lipinski definition) is 4. The van der Waals surface area contributed by atoms with E-state index in [0.29, 0.717) is 24.4 Å². The lowest BCUT2D eigenvalue weighted by atomic mass is 10.0. The van der Waals surface area contributed by atoms with Crippen LogP contribution in [0.4, 0.5) is 0 Å². The fourth-order valence-electron chi connectivity index (χ4n) is 3.54. The Balaban J connectivity index is 1.94. The summed E-state index contributed by atoms with van der Waals surface area (Å²) in [5.74, 6) is -1.46. The van der Waals surface area contributed by atoms with Crippen LogP contribution in [0.5, 0.6) is 0 Å². The molecule has 4 amide bonds. The van der Waals surface area contributed by atoms with Gasteiger partial charge in [0.25, 0.3) is 23.6 Å². The molecular formula is C25H31N7O5. The number of hydrazone groups is 2. The van der Waals surface area contributed by atoms with Crippen LogP contribution < -0.4 is 21.5 Å². The van der Waals surface area contributed by atoms with Gasteiger partial charge in [0.05, 0.1) is 12.4 Å². The fourth-order valence-corrected chi connectivity index (χ4v) is 3.54. The van der Waals surface area contributed by atoms with Crippen molar-refractivity contribution < 1.29 is 23.6 Å². The van der Waals surface area contributed by atoms with Crippen molar-refractivity contribution in [1.29, 1.82) is 0 Å². The molecular weight excluding hydrogens is 478 g/mol. The zero-order valence-corrected chi connectivity index (χ0v) is 21.1. The van der Waals surface area contributed by atoms with Crippen molar-refractivity contribution in [2.45, 2.75) is 52.6 Å². The second kappa shape index (κ2) is 12.6. The van der Waals surface area contributed by atoms with Crippen LogP contribution in [0, 0.1) is 11.8 Å². The van der Waals surface area contributed by atoms with Crippen LogP contribution in [0.2, 0.25) is 0 Å². The Bertz CT molecular complexity index is 1120. The first-order chi connectivity index (χ1) is 17.6. The van der Waals surface area contributed by atoms with E-state index in [1.54, 1.807) is 12.1 Å². The SMILES string of the molecule is CC(C)C[C@@H]1NC(=O)c2cccc(n2)C(=O)N[C@@H](CC(C)C)C(=O)N/N=C/c2ccc(o2)/C=N/NC1=O. The number of aromatic nitrogens is 1. The molecule has 2 aromatic rings. The number of hydrogen-bond acceptors (Lipinski definition) is 8. The molecule has 0 saturated heterocycles. The summed E-state index contributed by atoms with van der Waals surface area (Å²) >= 11 is 0. The summed E-state index contributed by atoms with van der Waals surface area (Å²) in [6.07, 6.45) is 3.31. The maximum absolute atomic E-state index is 12.9. The van der Waals surface area contributed by atoms with E-state index in [2.05, 4.69) is 36.7 Å². The van der Waals surface area contributed by atoms with Gasteiger partial charge in [0, 0.05) is 0 Å². The van der Waals surface area contributed by atoms with E-state index in [1.165, 1.54) is 30.6 Å². The summed E-state index contributed by atoms with van der Waals surface area (Å²) in [5.41, 5.74) is 4.70. The molecule has 0 radical (unpaired) electrons. The van der Waals surface area contributed by atoms with E-state index in [1.807, 2.05) is 27.7 Å². The van der Waals surface area contributed by atoms with Gasteiger partial charge in [-0.1, -0.05) is 33.8 Å². The summed E-state index contributed by atoms with van der Waals surface area (Å²) in [6, 6.07) is 5.79. The third-order valence-electron chi connectivity index (χ3n) is 5.25. The number of carbonyl (C=O) groups excluding carboxylic acids is 4. The highest BCUT2D eigenvalue weighted by atomic mass is 16.3. The Kier molecular flexibility index (Phi) is 9.25. The Morgan fingerprint density at radius 3 is 1.57 bits per heavy atom. The zero-order chi connectivity index (χ0) is 26.9. The highest BCUT2D eigenvalue weighted by molar-refractivity contribution is 5.99. The number of amides is 4. The lowest BCUT2D eigenvalue weighted by molar-refractivity contribution is -0.124. The van der Waals surface area contributed by atoms with Crippen molar-refractivity contribution in [2.24, 2.45) is 22.0 Å². The molecule has 2 atom stereocenters. The van der Waals surface area contributed by atoms with Gasteiger partial charge in [-0.2, -0.15) is 10.2 Å². The van der Waals surface area contributed by atoms with E-state index in [-0.39, 0.29) is 23.2 Å². The van der Waals surface area contributed by atoms with E-state index in [9.17, 15) is 19.2 Å². The van der Waals surface area contributed by atoms with Gasteiger partial charge >= 0.3 is 0 Å². The van der Waals surface area contributed by atoms with E-state index >= 15 is 0 Å². The molecule has 0 unspecified atom stereocenters. The van der Waals surface area contributed by atoms with Crippen LogP contribution in [-0.4, -0.2) is 53.1 Å². The average molecular weight is 510 g/mol. The summed E-state index contributed by atoms with van der Waals surface area (Å²) in [6.45, 7) is 7.66. The van der Waals surface area contributed by atoms with Gasteiger partial charge in [0.15, 0.2) is 0 Å². The Morgan fingerprint density at radius 2 is 1.16 bits per heavy atom. The van der Waals surface area contributed by atoms with Crippen molar-refractivity contribution in [1.82, 2.24) is 26.5 Å². The second-order valence-electron chi connectivity index (χ2n) is 9.43. The average Bonchev–Trinajstić information content (AvgIpc) is 3.29. The second-order valence-corrected chi connectivity index (χ2v) is 9.43. The highest BCUT2D eigenvalue weighted by Crippen LogP contribution is 2.10. The normalized spacial score (nSPS) is 21.0.